The first-order valence-corrected chi connectivity index (χ1v) is 10.4. The minimum Gasteiger partial charge on any atom is -0.355 e. The molecule has 0 spiro atoms. The summed E-state index contributed by atoms with van der Waals surface area (Å²) in [5, 5.41) is 5.28. The third kappa shape index (κ3) is 5.28. The van der Waals surface area contributed by atoms with E-state index in [1.54, 1.807) is 31.2 Å². The van der Waals surface area contributed by atoms with E-state index < -0.39 is 16.1 Å². The lowest BCUT2D eigenvalue weighted by molar-refractivity contribution is -0.128. The maximum absolute atomic E-state index is 12.6. The van der Waals surface area contributed by atoms with E-state index in [4.69, 9.17) is 0 Å². The Morgan fingerprint density at radius 3 is 2.31 bits per heavy atom. The topological polar surface area (TPSA) is 95.6 Å². The van der Waals surface area contributed by atoms with Gasteiger partial charge in [-0.2, -0.15) is 4.31 Å². The Balaban J connectivity index is 1.96. The number of nitrogens with one attached hydrogen (secondary N) is 2. The van der Waals surface area contributed by atoms with Gasteiger partial charge in [-0.3, -0.25) is 9.59 Å². The fourth-order valence-corrected chi connectivity index (χ4v) is 4.42. The number of nitrogens with zero attached hydrogens (tertiary/aromatic N) is 1. The maximum atomic E-state index is 12.6. The first kappa shape index (κ1) is 20.4. The standard InChI is InChI=1S/C18H27N3O4S/c1-3-19-18(23)14(2)20-17(22)13-15-7-9-16(10-8-15)26(24,25)21-11-5-4-6-12-21/h7-10,14H,3-6,11-13H2,1-2H3,(H,19,23)(H,20,22)/t14-/m1/s1. The largest absolute Gasteiger partial charge is 0.355 e. The summed E-state index contributed by atoms with van der Waals surface area (Å²) in [6.45, 7) is 5.06. The van der Waals surface area contributed by atoms with E-state index in [1.807, 2.05) is 6.92 Å². The van der Waals surface area contributed by atoms with Crippen LogP contribution in [-0.2, 0) is 26.0 Å². The van der Waals surface area contributed by atoms with Crippen molar-refractivity contribution in [1.82, 2.24) is 14.9 Å². The van der Waals surface area contributed by atoms with Crippen molar-refractivity contribution in [2.75, 3.05) is 19.6 Å². The molecule has 0 radical (unpaired) electrons. The van der Waals surface area contributed by atoms with Crippen LogP contribution in [0.25, 0.3) is 0 Å². The average molecular weight is 381 g/mol. The molecule has 8 heteroatoms. The summed E-state index contributed by atoms with van der Waals surface area (Å²) in [5.41, 5.74) is 0.697. The molecule has 1 atom stereocenters. The van der Waals surface area contributed by atoms with Crippen LogP contribution < -0.4 is 10.6 Å². The number of piperidine rings is 1. The van der Waals surface area contributed by atoms with Crippen LogP contribution in [0, 0.1) is 0 Å². The molecule has 7 nitrogen and oxygen atoms in total. The second-order valence-corrected chi connectivity index (χ2v) is 8.41. The third-order valence-corrected chi connectivity index (χ3v) is 6.28. The minimum absolute atomic E-state index is 0.0911. The SMILES string of the molecule is CCNC(=O)[C@@H](C)NC(=O)Cc1ccc(S(=O)(=O)N2CCCCC2)cc1. The number of rotatable bonds is 7. The molecule has 1 heterocycles. The van der Waals surface area contributed by atoms with Crippen molar-refractivity contribution in [3.8, 4) is 0 Å². The highest BCUT2D eigenvalue weighted by Crippen LogP contribution is 2.20. The van der Waals surface area contributed by atoms with Crippen LogP contribution in [0.3, 0.4) is 0 Å². The fraction of sp³-hybridized carbons (Fsp3) is 0.556. The van der Waals surface area contributed by atoms with Crippen molar-refractivity contribution < 1.29 is 18.0 Å². The highest BCUT2D eigenvalue weighted by molar-refractivity contribution is 7.89. The average Bonchev–Trinajstić information content (AvgIpc) is 2.63. The van der Waals surface area contributed by atoms with Gasteiger partial charge in [0, 0.05) is 19.6 Å². The number of likely N-dealkylation sites (N-methyl/N-ethyl adjacent to an activating group) is 1. The van der Waals surface area contributed by atoms with E-state index in [0.29, 0.717) is 25.2 Å². The van der Waals surface area contributed by atoms with Gasteiger partial charge in [-0.05, 0) is 44.4 Å². The minimum atomic E-state index is -3.46. The summed E-state index contributed by atoms with van der Waals surface area (Å²) in [6, 6.07) is 5.76. The number of hydrogen-bond acceptors (Lipinski definition) is 4. The van der Waals surface area contributed by atoms with Crippen LogP contribution in [0.2, 0.25) is 0 Å². The van der Waals surface area contributed by atoms with Gasteiger partial charge in [0.2, 0.25) is 21.8 Å². The van der Waals surface area contributed by atoms with E-state index in [-0.39, 0.29) is 23.1 Å². The fourth-order valence-electron chi connectivity index (χ4n) is 2.90. The van der Waals surface area contributed by atoms with Gasteiger partial charge in [-0.1, -0.05) is 18.6 Å². The van der Waals surface area contributed by atoms with E-state index in [2.05, 4.69) is 10.6 Å². The highest BCUT2D eigenvalue weighted by Gasteiger charge is 2.25. The van der Waals surface area contributed by atoms with Crippen LogP contribution >= 0.6 is 0 Å². The molecule has 1 aromatic carbocycles. The molecule has 0 bridgehead atoms. The number of sulfonamides is 1. The van der Waals surface area contributed by atoms with Crippen molar-refractivity contribution >= 4 is 21.8 Å². The van der Waals surface area contributed by atoms with Gasteiger partial charge in [0.1, 0.15) is 6.04 Å². The van der Waals surface area contributed by atoms with Gasteiger partial charge in [-0.25, -0.2) is 8.42 Å². The Kier molecular flexibility index (Phi) is 7.16. The molecule has 1 aliphatic heterocycles. The van der Waals surface area contributed by atoms with Crippen molar-refractivity contribution in [3.05, 3.63) is 29.8 Å². The van der Waals surface area contributed by atoms with E-state index in [0.717, 1.165) is 19.3 Å². The van der Waals surface area contributed by atoms with Crippen molar-refractivity contribution in [2.45, 2.75) is 50.5 Å². The first-order chi connectivity index (χ1) is 12.3. The van der Waals surface area contributed by atoms with Gasteiger partial charge >= 0.3 is 0 Å². The maximum Gasteiger partial charge on any atom is 0.243 e. The first-order valence-electron chi connectivity index (χ1n) is 9.00. The molecule has 0 aliphatic carbocycles. The van der Waals surface area contributed by atoms with Gasteiger partial charge in [0.15, 0.2) is 0 Å². The Labute approximate surface area is 155 Å². The van der Waals surface area contributed by atoms with E-state index in [9.17, 15) is 18.0 Å². The molecule has 26 heavy (non-hydrogen) atoms. The highest BCUT2D eigenvalue weighted by atomic mass is 32.2. The van der Waals surface area contributed by atoms with Crippen LogP contribution in [0.15, 0.2) is 29.2 Å². The summed E-state index contributed by atoms with van der Waals surface area (Å²) in [7, 11) is -3.46. The lowest BCUT2D eigenvalue weighted by Crippen LogP contribution is -2.45. The van der Waals surface area contributed by atoms with Crippen LogP contribution in [0.1, 0.15) is 38.7 Å². The molecule has 1 saturated heterocycles. The summed E-state index contributed by atoms with van der Waals surface area (Å²) in [6.07, 6.45) is 2.94. The summed E-state index contributed by atoms with van der Waals surface area (Å²) >= 11 is 0. The molecule has 0 aromatic heterocycles. The smallest absolute Gasteiger partial charge is 0.243 e. The lowest BCUT2D eigenvalue weighted by atomic mass is 10.1. The molecule has 0 unspecified atom stereocenters. The number of amides is 2. The quantitative estimate of drug-likeness (QED) is 0.738. The molecule has 1 aliphatic rings. The Hall–Kier alpha value is -1.93. The van der Waals surface area contributed by atoms with Gasteiger partial charge < -0.3 is 10.6 Å². The molecule has 1 fully saturated rings. The van der Waals surface area contributed by atoms with Crippen molar-refractivity contribution in [1.29, 1.82) is 0 Å². The number of carbonyl (C=O) groups is 2. The normalized spacial score (nSPS) is 16.7. The Morgan fingerprint density at radius 2 is 1.73 bits per heavy atom. The summed E-state index contributed by atoms with van der Waals surface area (Å²) in [4.78, 5) is 23.9. The second kappa shape index (κ2) is 9.14. The zero-order valence-electron chi connectivity index (χ0n) is 15.3. The van der Waals surface area contributed by atoms with Crippen molar-refractivity contribution in [3.63, 3.8) is 0 Å². The number of benzene rings is 1. The Morgan fingerprint density at radius 1 is 1.12 bits per heavy atom. The monoisotopic (exact) mass is 381 g/mol. The molecular formula is C18H27N3O4S. The van der Waals surface area contributed by atoms with Crippen LogP contribution in [-0.4, -0.2) is 50.2 Å². The predicted octanol–water partition coefficient (Wildman–Crippen LogP) is 1.04. The third-order valence-electron chi connectivity index (χ3n) is 4.36. The van der Waals surface area contributed by atoms with Gasteiger partial charge in [-0.15, -0.1) is 0 Å². The lowest BCUT2D eigenvalue weighted by Gasteiger charge is -2.25. The number of hydrogen-bond donors (Lipinski definition) is 2. The molecule has 1 aromatic rings. The van der Waals surface area contributed by atoms with Gasteiger partial charge in [0.25, 0.3) is 0 Å². The molecule has 0 saturated carbocycles. The molecule has 144 valence electrons. The molecule has 2 N–H and O–H groups in total. The summed E-state index contributed by atoms with van der Waals surface area (Å²) < 4.78 is 26.7. The second-order valence-electron chi connectivity index (χ2n) is 6.47. The molecular weight excluding hydrogens is 354 g/mol. The summed E-state index contributed by atoms with van der Waals surface area (Å²) in [5.74, 6) is -0.515. The molecule has 2 amide bonds. The van der Waals surface area contributed by atoms with Crippen LogP contribution in [0.5, 0.6) is 0 Å². The predicted molar refractivity (Wildman–Crippen MR) is 99.0 cm³/mol. The zero-order valence-corrected chi connectivity index (χ0v) is 16.1. The van der Waals surface area contributed by atoms with Crippen LogP contribution in [0.4, 0.5) is 0 Å². The van der Waals surface area contributed by atoms with E-state index in [1.165, 1.54) is 4.31 Å². The van der Waals surface area contributed by atoms with E-state index >= 15 is 0 Å². The van der Waals surface area contributed by atoms with Gasteiger partial charge in [0.05, 0.1) is 11.3 Å². The van der Waals surface area contributed by atoms with Crippen molar-refractivity contribution in [2.24, 2.45) is 0 Å². The number of carbonyl (C=O) groups excluding carboxylic acids is 2. The zero-order chi connectivity index (χ0) is 19.2. The molecule has 2 rings (SSSR count). The Bertz CT molecular complexity index is 725.